The zero-order valence-corrected chi connectivity index (χ0v) is 16.3. The number of aliphatic hydroxyl groups is 3. The van der Waals surface area contributed by atoms with E-state index in [0.717, 1.165) is 23.9 Å². The summed E-state index contributed by atoms with van der Waals surface area (Å²) in [5.41, 5.74) is 2.20. The van der Waals surface area contributed by atoms with Gasteiger partial charge in [0.05, 0.1) is 6.10 Å². The summed E-state index contributed by atoms with van der Waals surface area (Å²) in [4.78, 5) is 5.56. The molecule has 4 N–H and O–H groups in total. The molecule has 1 aliphatic heterocycles. The van der Waals surface area contributed by atoms with Crippen molar-refractivity contribution in [3.8, 4) is 5.75 Å². The van der Waals surface area contributed by atoms with Gasteiger partial charge in [-0.1, -0.05) is 0 Å². The van der Waals surface area contributed by atoms with Crippen molar-refractivity contribution in [2.75, 3.05) is 13.6 Å². The molecule has 1 aromatic heterocycles. The number of aliphatic hydroxyl groups excluding tert-OH is 3. The SMILES string of the molecule is CC1OC(Oc2ccc3[nH]cc(CCN(C)C(C)C)c3c2)C(O)C(O)C1O. The van der Waals surface area contributed by atoms with Crippen LogP contribution in [0.1, 0.15) is 26.3 Å². The highest BCUT2D eigenvalue weighted by Gasteiger charge is 2.43. The summed E-state index contributed by atoms with van der Waals surface area (Å²) in [6.45, 7) is 6.92. The number of H-pyrrole nitrogens is 1. The Labute approximate surface area is 159 Å². The number of aromatic amines is 1. The van der Waals surface area contributed by atoms with Crippen LogP contribution < -0.4 is 4.74 Å². The van der Waals surface area contributed by atoms with Gasteiger partial charge in [-0.15, -0.1) is 0 Å². The van der Waals surface area contributed by atoms with E-state index in [9.17, 15) is 15.3 Å². The monoisotopic (exact) mass is 378 g/mol. The lowest BCUT2D eigenvalue weighted by molar-refractivity contribution is -0.268. The van der Waals surface area contributed by atoms with E-state index in [1.165, 1.54) is 5.56 Å². The normalized spacial score (nSPS) is 29.0. The summed E-state index contributed by atoms with van der Waals surface area (Å²) in [6.07, 6.45) is -2.53. The molecule has 150 valence electrons. The van der Waals surface area contributed by atoms with Crippen molar-refractivity contribution in [2.45, 2.75) is 63.9 Å². The van der Waals surface area contributed by atoms with Crippen molar-refractivity contribution in [3.05, 3.63) is 30.0 Å². The first kappa shape index (κ1) is 20.1. The zero-order chi connectivity index (χ0) is 19.7. The van der Waals surface area contributed by atoms with Gasteiger partial charge in [0.1, 0.15) is 24.1 Å². The smallest absolute Gasteiger partial charge is 0.229 e. The van der Waals surface area contributed by atoms with Gasteiger partial charge in [0.2, 0.25) is 6.29 Å². The number of aromatic nitrogens is 1. The predicted molar refractivity (Wildman–Crippen MR) is 103 cm³/mol. The topological polar surface area (TPSA) is 98.2 Å². The number of fused-ring (bicyclic) bond motifs is 1. The first-order chi connectivity index (χ1) is 12.8. The summed E-state index contributed by atoms with van der Waals surface area (Å²) in [6, 6.07) is 6.11. The molecule has 27 heavy (non-hydrogen) atoms. The molecule has 0 spiro atoms. The number of nitrogens with one attached hydrogen (secondary N) is 1. The Bertz CT molecular complexity index is 762. The molecule has 1 aromatic carbocycles. The summed E-state index contributed by atoms with van der Waals surface area (Å²) in [5, 5.41) is 30.9. The molecule has 0 amide bonds. The number of likely N-dealkylation sites (N-methyl/N-ethyl adjacent to an activating group) is 1. The lowest BCUT2D eigenvalue weighted by atomic mass is 10.00. The quantitative estimate of drug-likeness (QED) is 0.604. The van der Waals surface area contributed by atoms with E-state index in [1.807, 2.05) is 18.3 Å². The first-order valence-corrected chi connectivity index (χ1v) is 9.44. The fraction of sp³-hybridized carbons (Fsp3) is 0.600. The fourth-order valence-corrected chi connectivity index (χ4v) is 3.24. The zero-order valence-electron chi connectivity index (χ0n) is 16.3. The van der Waals surface area contributed by atoms with Crippen molar-refractivity contribution in [1.82, 2.24) is 9.88 Å². The van der Waals surface area contributed by atoms with E-state index in [1.54, 1.807) is 13.0 Å². The van der Waals surface area contributed by atoms with Crippen LogP contribution in [0.15, 0.2) is 24.4 Å². The van der Waals surface area contributed by atoms with E-state index >= 15 is 0 Å². The minimum atomic E-state index is -1.32. The summed E-state index contributed by atoms with van der Waals surface area (Å²) >= 11 is 0. The maximum Gasteiger partial charge on any atom is 0.229 e. The van der Waals surface area contributed by atoms with Gasteiger partial charge in [-0.2, -0.15) is 0 Å². The number of ether oxygens (including phenoxy) is 2. The van der Waals surface area contributed by atoms with Gasteiger partial charge >= 0.3 is 0 Å². The number of nitrogens with zero attached hydrogens (tertiary/aromatic N) is 1. The van der Waals surface area contributed by atoms with Crippen LogP contribution in [0.5, 0.6) is 5.75 Å². The van der Waals surface area contributed by atoms with Crippen molar-refractivity contribution < 1.29 is 24.8 Å². The minimum absolute atomic E-state index is 0.489. The highest BCUT2D eigenvalue weighted by atomic mass is 16.7. The summed E-state index contributed by atoms with van der Waals surface area (Å²) in [5.74, 6) is 0.542. The maximum absolute atomic E-state index is 10.1. The van der Waals surface area contributed by atoms with Crippen molar-refractivity contribution in [1.29, 1.82) is 0 Å². The van der Waals surface area contributed by atoms with E-state index in [4.69, 9.17) is 9.47 Å². The third-order valence-corrected chi connectivity index (χ3v) is 5.41. The Kier molecular flexibility index (Phi) is 6.08. The third-order valence-electron chi connectivity index (χ3n) is 5.41. The van der Waals surface area contributed by atoms with Crippen LogP contribution in [0.4, 0.5) is 0 Å². The minimum Gasteiger partial charge on any atom is -0.462 e. The molecule has 7 heteroatoms. The number of rotatable bonds is 6. The summed E-state index contributed by atoms with van der Waals surface area (Å²) in [7, 11) is 2.11. The van der Waals surface area contributed by atoms with E-state index < -0.39 is 30.7 Å². The van der Waals surface area contributed by atoms with E-state index in [2.05, 4.69) is 30.8 Å². The van der Waals surface area contributed by atoms with Gasteiger partial charge < -0.3 is 34.7 Å². The van der Waals surface area contributed by atoms with Gasteiger partial charge in [0.15, 0.2) is 0 Å². The highest BCUT2D eigenvalue weighted by molar-refractivity contribution is 5.84. The average Bonchev–Trinajstić information content (AvgIpc) is 3.04. The van der Waals surface area contributed by atoms with Gasteiger partial charge in [0, 0.05) is 29.7 Å². The van der Waals surface area contributed by atoms with Crippen molar-refractivity contribution >= 4 is 10.9 Å². The fourth-order valence-electron chi connectivity index (χ4n) is 3.24. The molecule has 5 unspecified atom stereocenters. The summed E-state index contributed by atoms with van der Waals surface area (Å²) < 4.78 is 11.3. The Morgan fingerprint density at radius 1 is 1.19 bits per heavy atom. The standard InChI is InChI=1S/C20H30N2O5/c1-11(2)22(4)8-7-13-10-21-16-6-5-14(9-15(13)16)27-20-19(25)18(24)17(23)12(3)26-20/h5-6,9-12,17-21,23-25H,7-8H2,1-4H3. The molecule has 0 bridgehead atoms. The Morgan fingerprint density at radius 2 is 1.93 bits per heavy atom. The Balaban J connectivity index is 1.75. The Hall–Kier alpha value is -1.64. The molecule has 0 saturated carbocycles. The van der Waals surface area contributed by atoms with Crippen molar-refractivity contribution in [2.24, 2.45) is 0 Å². The van der Waals surface area contributed by atoms with Crippen LogP contribution in [-0.4, -0.2) is 75.5 Å². The first-order valence-electron chi connectivity index (χ1n) is 9.44. The van der Waals surface area contributed by atoms with Crippen LogP contribution in [0, 0.1) is 0 Å². The average molecular weight is 378 g/mol. The van der Waals surface area contributed by atoms with Crippen LogP contribution in [0.3, 0.4) is 0 Å². The lowest BCUT2D eigenvalue weighted by Crippen LogP contribution is -2.58. The predicted octanol–water partition coefficient (Wildman–Crippen LogP) is 1.26. The molecule has 7 nitrogen and oxygen atoms in total. The van der Waals surface area contributed by atoms with Crippen LogP contribution in [-0.2, 0) is 11.2 Å². The van der Waals surface area contributed by atoms with Crippen molar-refractivity contribution in [3.63, 3.8) is 0 Å². The second-order valence-corrected chi connectivity index (χ2v) is 7.64. The number of hydrogen-bond donors (Lipinski definition) is 4. The molecule has 5 atom stereocenters. The number of hydrogen-bond acceptors (Lipinski definition) is 6. The molecule has 1 aliphatic rings. The van der Waals surface area contributed by atoms with Gasteiger partial charge in [-0.3, -0.25) is 0 Å². The van der Waals surface area contributed by atoms with Gasteiger partial charge in [-0.05, 0) is 58.0 Å². The Morgan fingerprint density at radius 3 is 2.63 bits per heavy atom. The molecular formula is C20H30N2O5. The van der Waals surface area contributed by atoms with Gasteiger partial charge in [0.25, 0.3) is 0 Å². The molecule has 0 radical (unpaired) electrons. The maximum atomic E-state index is 10.1. The lowest BCUT2D eigenvalue weighted by Gasteiger charge is -2.38. The third kappa shape index (κ3) is 4.28. The number of benzene rings is 1. The van der Waals surface area contributed by atoms with Crippen LogP contribution >= 0.6 is 0 Å². The van der Waals surface area contributed by atoms with Crippen LogP contribution in [0.25, 0.3) is 10.9 Å². The second kappa shape index (κ2) is 8.16. The largest absolute Gasteiger partial charge is 0.462 e. The van der Waals surface area contributed by atoms with E-state index in [0.29, 0.717) is 11.8 Å². The molecule has 1 saturated heterocycles. The molecule has 2 heterocycles. The molecule has 2 aromatic rings. The molecular weight excluding hydrogens is 348 g/mol. The van der Waals surface area contributed by atoms with Gasteiger partial charge in [-0.25, -0.2) is 0 Å². The van der Waals surface area contributed by atoms with E-state index in [-0.39, 0.29) is 0 Å². The molecule has 0 aliphatic carbocycles. The highest BCUT2D eigenvalue weighted by Crippen LogP contribution is 2.28. The van der Waals surface area contributed by atoms with Crippen LogP contribution in [0.2, 0.25) is 0 Å². The molecule has 3 rings (SSSR count). The molecule has 1 fully saturated rings. The second-order valence-electron chi connectivity index (χ2n) is 7.64.